The Balaban J connectivity index is 1.74. The molecule has 3 atom stereocenters. The van der Waals surface area contributed by atoms with E-state index in [1.807, 2.05) is 0 Å². The zero-order valence-electron chi connectivity index (χ0n) is 16.2. The van der Waals surface area contributed by atoms with Crippen LogP contribution < -0.4 is 11.2 Å². The number of hydrogen-bond donors (Lipinski definition) is 2. The van der Waals surface area contributed by atoms with E-state index < -0.39 is 17.1 Å². The van der Waals surface area contributed by atoms with E-state index in [9.17, 15) is 14.7 Å². The molecule has 7 heteroatoms. The Bertz CT molecular complexity index is 1070. The maximum Gasteiger partial charge on any atom is 0.335 e. The number of nitrogens with zero attached hydrogens (tertiary/aromatic N) is 2. The number of rotatable bonds is 3. The van der Waals surface area contributed by atoms with Gasteiger partial charge in [0.15, 0.2) is 0 Å². The van der Waals surface area contributed by atoms with Crippen LogP contribution in [0.3, 0.4) is 0 Å². The Labute approximate surface area is 167 Å². The molecule has 1 aromatic heterocycles. The highest BCUT2D eigenvalue weighted by Crippen LogP contribution is 2.66. The van der Waals surface area contributed by atoms with Gasteiger partial charge < -0.3 is 5.11 Å². The first-order chi connectivity index (χ1) is 13.1. The summed E-state index contributed by atoms with van der Waals surface area (Å²) in [4.78, 5) is 31.6. The van der Waals surface area contributed by atoms with Crippen molar-refractivity contribution in [3.63, 3.8) is 0 Å². The summed E-state index contributed by atoms with van der Waals surface area (Å²) in [5, 5.41) is 11.2. The van der Waals surface area contributed by atoms with Crippen LogP contribution in [-0.2, 0) is 0 Å². The standard InChI is InChI=1S/C21H24ClN3O3/c1-20(2)12-8-9-21(20,3)16(10-12)23-11-15-17(26)24-19(28)25(18(15)27)14-6-4-13(22)5-7-14/h4-7,11-12,16,27H,8-10H2,1-3H3,(H,24,26,28)/t12-,16+,21-/m0/s1. The third-order valence-corrected chi connectivity index (χ3v) is 7.59. The fraction of sp³-hybridized carbons (Fsp3) is 0.476. The van der Waals surface area contributed by atoms with E-state index >= 15 is 0 Å². The number of nitrogens with one attached hydrogen (secondary N) is 1. The number of hydrogen-bond acceptors (Lipinski definition) is 4. The van der Waals surface area contributed by atoms with Crippen molar-refractivity contribution >= 4 is 17.8 Å². The second kappa shape index (κ2) is 6.34. The molecule has 2 N–H and O–H groups in total. The number of aliphatic imine (C=N–C) groups is 1. The molecule has 2 aliphatic carbocycles. The molecular weight excluding hydrogens is 378 g/mol. The van der Waals surface area contributed by atoms with Gasteiger partial charge in [0.2, 0.25) is 5.88 Å². The summed E-state index contributed by atoms with van der Waals surface area (Å²) in [6, 6.07) is 6.51. The minimum absolute atomic E-state index is 0.0151. The topological polar surface area (TPSA) is 87.4 Å². The van der Waals surface area contributed by atoms with Crippen molar-refractivity contribution in [1.82, 2.24) is 9.55 Å². The van der Waals surface area contributed by atoms with Crippen molar-refractivity contribution in [2.24, 2.45) is 21.7 Å². The predicted molar refractivity (Wildman–Crippen MR) is 110 cm³/mol. The van der Waals surface area contributed by atoms with Gasteiger partial charge in [0.25, 0.3) is 5.56 Å². The maximum absolute atomic E-state index is 12.3. The van der Waals surface area contributed by atoms with Gasteiger partial charge in [-0.3, -0.25) is 14.8 Å². The lowest BCUT2D eigenvalue weighted by molar-refractivity contribution is 0.137. The maximum atomic E-state index is 12.3. The van der Waals surface area contributed by atoms with Crippen LogP contribution in [0.1, 0.15) is 45.6 Å². The minimum atomic E-state index is -0.713. The average molecular weight is 402 g/mol. The van der Waals surface area contributed by atoms with Gasteiger partial charge in [0, 0.05) is 11.2 Å². The Morgan fingerprint density at radius 2 is 1.93 bits per heavy atom. The first-order valence-electron chi connectivity index (χ1n) is 9.52. The van der Waals surface area contributed by atoms with E-state index in [1.165, 1.54) is 12.6 Å². The number of benzene rings is 1. The van der Waals surface area contributed by atoms with E-state index in [4.69, 9.17) is 16.6 Å². The van der Waals surface area contributed by atoms with Crippen molar-refractivity contribution in [2.75, 3.05) is 0 Å². The molecule has 2 saturated carbocycles. The Hall–Kier alpha value is -2.34. The molecule has 0 amide bonds. The molecule has 0 aliphatic heterocycles. The number of aromatic nitrogens is 2. The van der Waals surface area contributed by atoms with E-state index in [0.29, 0.717) is 16.6 Å². The Kier molecular flexibility index (Phi) is 4.30. The van der Waals surface area contributed by atoms with Crippen molar-refractivity contribution in [3.8, 4) is 11.6 Å². The second-order valence-corrected chi connectivity index (χ2v) is 9.15. The summed E-state index contributed by atoms with van der Waals surface area (Å²) in [7, 11) is 0. The first-order valence-corrected chi connectivity index (χ1v) is 9.90. The third kappa shape index (κ3) is 2.65. The molecule has 1 aromatic carbocycles. The Morgan fingerprint density at radius 3 is 2.50 bits per heavy atom. The molecular formula is C21H24ClN3O3. The van der Waals surface area contributed by atoms with E-state index in [2.05, 4.69) is 25.8 Å². The Morgan fingerprint density at radius 1 is 1.25 bits per heavy atom. The van der Waals surface area contributed by atoms with Gasteiger partial charge in [0.05, 0.1) is 11.7 Å². The third-order valence-electron chi connectivity index (χ3n) is 7.34. The average Bonchev–Trinajstić information content (AvgIpc) is 2.96. The predicted octanol–water partition coefficient (Wildman–Crippen LogP) is 3.52. The molecule has 4 rings (SSSR count). The van der Waals surface area contributed by atoms with Gasteiger partial charge in [-0.15, -0.1) is 0 Å². The zero-order valence-corrected chi connectivity index (χ0v) is 17.0. The van der Waals surface area contributed by atoms with Gasteiger partial charge in [-0.2, -0.15) is 0 Å². The fourth-order valence-electron chi connectivity index (χ4n) is 5.04. The molecule has 0 spiro atoms. The van der Waals surface area contributed by atoms with Crippen molar-refractivity contribution in [2.45, 2.75) is 46.1 Å². The largest absolute Gasteiger partial charge is 0.493 e. The molecule has 2 aliphatic rings. The highest BCUT2D eigenvalue weighted by molar-refractivity contribution is 6.30. The van der Waals surface area contributed by atoms with E-state index in [-0.39, 0.29) is 22.4 Å². The van der Waals surface area contributed by atoms with E-state index in [1.54, 1.807) is 24.3 Å². The summed E-state index contributed by atoms with van der Waals surface area (Å²) < 4.78 is 1.05. The molecule has 148 valence electrons. The molecule has 0 radical (unpaired) electrons. The van der Waals surface area contributed by atoms with Crippen LogP contribution in [0.2, 0.25) is 5.02 Å². The number of aromatic amines is 1. The van der Waals surface area contributed by atoms with E-state index in [0.717, 1.165) is 17.4 Å². The molecule has 2 fully saturated rings. The highest BCUT2D eigenvalue weighted by atomic mass is 35.5. The lowest BCUT2D eigenvalue weighted by Crippen LogP contribution is -2.35. The van der Waals surface area contributed by atoms with Crippen LogP contribution in [0, 0.1) is 16.7 Å². The minimum Gasteiger partial charge on any atom is -0.493 e. The number of H-pyrrole nitrogens is 1. The fourth-order valence-corrected chi connectivity index (χ4v) is 5.16. The number of fused-ring (bicyclic) bond motifs is 2. The SMILES string of the molecule is CC1(C)[C@H]2CC[C@@]1(C)[C@H](N=Cc1c(O)n(-c3ccc(Cl)cc3)c(=O)[nH]c1=O)C2. The van der Waals surface area contributed by atoms with Gasteiger partial charge in [0.1, 0.15) is 5.56 Å². The van der Waals surface area contributed by atoms with Gasteiger partial charge in [-0.25, -0.2) is 9.36 Å². The van der Waals surface area contributed by atoms with Crippen LogP contribution in [0.15, 0.2) is 38.8 Å². The summed E-state index contributed by atoms with van der Waals surface area (Å²) in [6.07, 6.45) is 4.73. The zero-order chi connectivity index (χ0) is 20.3. The summed E-state index contributed by atoms with van der Waals surface area (Å²) in [5.74, 6) is 0.196. The molecule has 2 bridgehead atoms. The molecule has 28 heavy (non-hydrogen) atoms. The summed E-state index contributed by atoms with van der Waals surface area (Å²) in [5.41, 5.74) is -0.698. The van der Waals surface area contributed by atoms with Crippen molar-refractivity contribution in [3.05, 3.63) is 55.7 Å². The lowest BCUT2D eigenvalue weighted by Gasteiger charge is -2.37. The quantitative estimate of drug-likeness (QED) is 0.771. The summed E-state index contributed by atoms with van der Waals surface area (Å²) in [6.45, 7) is 6.86. The monoisotopic (exact) mass is 401 g/mol. The van der Waals surface area contributed by atoms with Crippen LogP contribution in [0.5, 0.6) is 5.88 Å². The highest BCUT2D eigenvalue weighted by Gasteiger charge is 2.61. The van der Waals surface area contributed by atoms with Gasteiger partial charge in [-0.05, 0) is 60.3 Å². The first kappa shape index (κ1) is 19.0. The molecule has 2 aromatic rings. The van der Waals surface area contributed by atoms with Gasteiger partial charge in [-0.1, -0.05) is 32.4 Å². The van der Waals surface area contributed by atoms with Crippen molar-refractivity contribution < 1.29 is 5.11 Å². The summed E-state index contributed by atoms with van der Waals surface area (Å²) >= 11 is 5.90. The van der Waals surface area contributed by atoms with Crippen LogP contribution in [0.4, 0.5) is 0 Å². The van der Waals surface area contributed by atoms with Crippen LogP contribution >= 0.6 is 11.6 Å². The molecule has 0 unspecified atom stereocenters. The van der Waals surface area contributed by atoms with Crippen molar-refractivity contribution in [1.29, 1.82) is 0 Å². The van der Waals surface area contributed by atoms with Gasteiger partial charge >= 0.3 is 5.69 Å². The van der Waals surface area contributed by atoms with Crippen LogP contribution in [-0.4, -0.2) is 26.9 Å². The lowest BCUT2D eigenvalue weighted by atomic mass is 9.69. The molecule has 0 saturated heterocycles. The smallest absolute Gasteiger partial charge is 0.335 e. The number of halogens is 1. The van der Waals surface area contributed by atoms with Crippen LogP contribution in [0.25, 0.3) is 5.69 Å². The molecule has 6 nitrogen and oxygen atoms in total. The number of aromatic hydroxyl groups is 1. The second-order valence-electron chi connectivity index (χ2n) is 8.71. The normalized spacial score (nSPS) is 28.3. The molecule has 1 heterocycles.